The summed E-state index contributed by atoms with van der Waals surface area (Å²) in [6.45, 7) is 4.70. The first-order valence-electron chi connectivity index (χ1n) is 7.56. The van der Waals surface area contributed by atoms with E-state index in [2.05, 4.69) is 24.1 Å². The van der Waals surface area contributed by atoms with E-state index in [1.165, 1.54) is 0 Å². The topological polar surface area (TPSA) is 62.3 Å². The van der Waals surface area contributed by atoms with Crippen LogP contribution < -0.4 is 5.32 Å². The van der Waals surface area contributed by atoms with Gasteiger partial charge in [-0.25, -0.2) is 0 Å². The lowest BCUT2D eigenvalue weighted by atomic mass is 9.87. The van der Waals surface area contributed by atoms with E-state index < -0.39 is 0 Å². The van der Waals surface area contributed by atoms with Crippen LogP contribution in [-0.2, 0) is 11.3 Å². The summed E-state index contributed by atoms with van der Waals surface area (Å²) in [5.74, 6) is 0.0117. The van der Waals surface area contributed by atoms with Gasteiger partial charge in [0, 0.05) is 42.1 Å². The van der Waals surface area contributed by atoms with Crippen LogP contribution in [0.5, 0.6) is 0 Å². The van der Waals surface area contributed by atoms with Gasteiger partial charge in [0.05, 0.1) is 0 Å². The smallest absolute Gasteiger partial charge is 0.255 e. The Labute approximate surface area is 135 Å². The number of hydrogen-bond acceptors (Lipinski definition) is 3. The first kappa shape index (κ1) is 15.2. The maximum Gasteiger partial charge on any atom is 0.255 e. The van der Waals surface area contributed by atoms with Gasteiger partial charge in [0.25, 0.3) is 5.91 Å². The van der Waals surface area contributed by atoms with E-state index in [9.17, 15) is 9.59 Å². The van der Waals surface area contributed by atoms with Crippen molar-refractivity contribution in [3.05, 3.63) is 59.9 Å². The minimum atomic E-state index is -0.164. The van der Waals surface area contributed by atoms with E-state index in [1.807, 2.05) is 17.0 Å². The number of carbonyl (C=O) groups excluding carboxylic acids is 2. The molecule has 1 aliphatic heterocycles. The van der Waals surface area contributed by atoms with Crippen LogP contribution in [0.3, 0.4) is 0 Å². The van der Waals surface area contributed by atoms with Crippen LogP contribution in [0.2, 0.25) is 0 Å². The molecule has 5 heteroatoms. The third-order valence-electron chi connectivity index (χ3n) is 4.11. The standard InChI is InChI=1S/C18H19N3O2/c1-18(2)11-16(22)21(18)12-13-3-5-14(6-4-13)17(23)20-15-7-9-19-10-8-15/h3-10H,11-12H2,1-2H3,(H,19,20,23). The zero-order valence-corrected chi connectivity index (χ0v) is 13.2. The van der Waals surface area contributed by atoms with Gasteiger partial charge < -0.3 is 10.2 Å². The summed E-state index contributed by atoms with van der Waals surface area (Å²) in [7, 11) is 0. The molecule has 1 aliphatic rings. The predicted molar refractivity (Wildman–Crippen MR) is 87.9 cm³/mol. The highest BCUT2D eigenvalue weighted by atomic mass is 16.2. The lowest BCUT2D eigenvalue weighted by molar-refractivity contribution is -0.154. The number of rotatable bonds is 4. The molecule has 2 amide bonds. The van der Waals surface area contributed by atoms with Gasteiger partial charge in [0.1, 0.15) is 0 Å². The Balaban J connectivity index is 1.65. The molecule has 3 rings (SSSR count). The molecule has 2 aromatic rings. The van der Waals surface area contributed by atoms with E-state index >= 15 is 0 Å². The fraction of sp³-hybridized carbons (Fsp3) is 0.278. The molecule has 1 N–H and O–H groups in total. The third-order valence-corrected chi connectivity index (χ3v) is 4.11. The summed E-state index contributed by atoms with van der Waals surface area (Å²) in [5, 5.41) is 2.82. The second kappa shape index (κ2) is 5.83. The van der Waals surface area contributed by atoms with E-state index in [-0.39, 0.29) is 17.4 Å². The van der Waals surface area contributed by atoms with Gasteiger partial charge in [-0.15, -0.1) is 0 Å². The number of pyridine rings is 1. The van der Waals surface area contributed by atoms with Crippen molar-refractivity contribution < 1.29 is 9.59 Å². The van der Waals surface area contributed by atoms with Gasteiger partial charge in [-0.3, -0.25) is 14.6 Å². The second-order valence-corrected chi connectivity index (χ2v) is 6.36. The Morgan fingerprint density at radius 3 is 2.39 bits per heavy atom. The van der Waals surface area contributed by atoms with Gasteiger partial charge in [-0.2, -0.15) is 0 Å². The molecular formula is C18H19N3O2. The van der Waals surface area contributed by atoms with E-state index in [4.69, 9.17) is 0 Å². The first-order chi connectivity index (χ1) is 11.0. The van der Waals surface area contributed by atoms with Crippen molar-refractivity contribution in [1.29, 1.82) is 0 Å². The average Bonchev–Trinajstić information content (AvgIpc) is 2.54. The van der Waals surface area contributed by atoms with Gasteiger partial charge >= 0.3 is 0 Å². The van der Waals surface area contributed by atoms with Gasteiger partial charge in [0.15, 0.2) is 0 Å². The number of nitrogens with zero attached hydrogens (tertiary/aromatic N) is 2. The predicted octanol–water partition coefficient (Wildman–Crippen LogP) is 2.84. The van der Waals surface area contributed by atoms with Crippen LogP contribution in [0.25, 0.3) is 0 Å². The highest BCUT2D eigenvalue weighted by Gasteiger charge is 2.42. The molecule has 1 fully saturated rings. The fourth-order valence-electron chi connectivity index (χ4n) is 2.69. The second-order valence-electron chi connectivity index (χ2n) is 6.36. The van der Waals surface area contributed by atoms with Gasteiger partial charge in [0.2, 0.25) is 5.91 Å². The molecule has 1 saturated heterocycles. The minimum absolute atomic E-state index is 0.0749. The monoisotopic (exact) mass is 309 g/mol. The molecule has 0 aliphatic carbocycles. The molecule has 118 valence electrons. The highest BCUT2D eigenvalue weighted by Crippen LogP contribution is 2.32. The quantitative estimate of drug-likeness (QED) is 0.883. The highest BCUT2D eigenvalue weighted by molar-refractivity contribution is 6.04. The number of benzene rings is 1. The van der Waals surface area contributed by atoms with Crippen LogP contribution in [-0.4, -0.2) is 27.2 Å². The van der Waals surface area contributed by atoms with Crippen molar-refractivity contribution >= 4 is 17.5 Å². The van der Waals surface area contributed by atoms with Crippen molar-refractivity contribution in [3.8, 4) is 0 Å². The van der Waals surface area contributed by atoms with Gasteiger partial charge in [-0.1, -0.05) is 12.1 Å². The molecule has 1 aromatic carbocycles. The van der Waals surface area contributed by atoms with Crippen molar-refractivity contribution in [2.75, 3.05) is 5.32 Å². The molecule has 0 atom stereocenters. The maximum absolute atomic E-state index is 12.2. The van der Waals surface area contributed by atoms with Crippen LogP contribution in [0.1, 0.15) is 36.2 Å². The Bertz CT molecular complexity index is 724. The van der Waals surface area contributed by atoms with Crippen LogP contribution in [0.15, 0.2) is 48.8 Å². The van der Waals surface area contributed by atoms with E-state index in [0.29, 0.717) is 24.2 Å². The first-order valence-corrected chi connectivity index (χ1v) is 7.56. The summed E-state index contributed by atoms with van der Waals surface area (Å²) in [6, 6.07) is 10.8. The van der Waals surface area contributed by atoms with Crippen molar-refractivity contribution in [2.45, 2.75) is 32.4 Å². The summed E-state index contributed by atoms with van der Waals surface area (Å²) in [6.07, 6.45) is 3.86. The van der Waals surface area contributed by atoms with Crippen LogP contribution in [0.4, 0.5) is 5.69 Å². The van der Waals surface area contributed by atoms with E-state index in [0.717, 1.165) is 5.56 Å². The Kier molecular flexibility index (Phi) is 3.86. The summed E-state index contributed by atoms with van der Waals surface area (Å²) < 4.78 is 0. The summed E-state index contributed by atoms with van der Waals surface area (Å²) >= 11 is 0. The van der Waals surface area contributed by atoms with Crippen LogP contribution >= 0.6 is 0 Å². The SMILES string of the molecule is CC1(C)CC(=O)N1Cc1ccc(C(=O)Nc2ccncc2)cc1. The van der Waals surface area contributed by atoms with Crippen molar-refractivity contribution in [3.63, 3.8) is 0 Å². The Morgan fingerprint density at radius 2 is 1.83 bits per heavy atom. The third kappa shape index (κ3) is 3.23. The number of aromatic nitrogens is 1. The number of β-lactam (4-membered cyclic amide) rings is 1. The van der Waals surface area contributed by atoms with Crippen molar-refractivity contribution in [1.82, 2.24) is 9.88 Å². The number of hydrogen-bond donors (Lipinski definition) is 1. The molecule has 23 heavy (non-hydrogen) atoms. The molecule has 0 bridgehead atoms. The average molecular weight is 309 g/mol. The Hall–Kier alpha value is -2.69. The zero-order valence-electron chi connectivity index (χ0n) is 13.2. The number of likely N-dealkylation sites (tertiary alicyclic amines) is 1. The maximum atomic E-state index is 12.2. The molecular weight excluding hydrogens is 290 g/mol. The normalized spacial score (nSPS) is 15.9. The molecule has 0 spiro atoms. The zero-order chi connectivity index (χ0) is 16.4. The Morgan fingerprint density at radius 1 is 1.17 bits per heavy atom. The van der Waals surface area contributed by atoms with E-state index in [1.54, 1.807) is 36.7 Å². The number of nitrogens with one attached hydrogen (secondary N) is 1. The summed E-state index contributed by atoms with van der Waals surface area (Å²) in [5.41, 5.74) is 2.24. The lowest BCUT2D eigenvalue weighted by Crippen LogP contribution is -2.59. The fourth-order valence-corrected chi connectivity index (χ4v) is 2.69. The number of amides is 2. The molecule has 5 nitrogen and oxygen atoms in total. The van der Waals surface area contributed by atoms with Gasteiger partial charge in [-0.05, 0) is 43.7 Å². The molecule has 1 aromatic heterocycles. The van der Waals surface area contributed by atoms with Crippen molar-refractivity contribution in [2.24, 2.45) is 0 Å². The number of anilines is 1. The summed E-state index contributed by atoms with van der Waals surface area (Å²) in [4.78, 5) is 29.6. The molecule has 0 radical (unpaired) electrons. The lowest BCUT2D eigenvalue weighted by Gasteiger charge is -2.47. The van der Waals surface area contributed by atoms with Crippen LogP contribution in [0, 0.1) is 0 Å². The molecule has 2 heterocycles. The minimum Gasteiger partial charge on any atom is -0.333 e. The largest absolute Gasteiger partial charge is 0.333 e. The molecule has 0 saturated carbocycles. The number of carbonyl (C=O) groups is 2. The molecule has 0 unspecified atom stereocenters.